The zero-order chi connectivity index (χ0) is 14.2. The summed E-state index contributed by atoms with van der Waals surface area (Å²) in [6, 6.07) is 10.4. The van der Waals surface area contributed by atoms with E-state index in [1.54, 1.807) is 0 Å². The van der Waals surface area contributed by atoms with Crippen molar-refractivity contribution >= 4 is 5.69 Å². The topological polar surface area (TPSA) is 18.5 Å². The van der Waals surface area contributed by atoms with Crippen LogP contribution in [0.3, 0.4) is 0 Å². The van der Waals surface area contributed by atoms with E-state index in [4.69, 9.17) is 0 Å². The summed E-state index contributed by atoms with van der Waals surface area (Å²) in [5.41, 5.74) is 2.85. The first-order valence-electron chi connectivity index (χ1n) is 8.59. The number of anilines is 1. The van der Waals surface area contributed by atoms with Crippen molar-refractivity contribution in [2.45, 2.75) is 38.3 Å². The minimum atomic E-state index is 0.719. The molecule has 114 valence electrons. The molecular weight excluding hydrogens is 258 g/mol. The minimum absolute atomic E-state index is 0.719. The molecule has 0 bridgehead atoms. The van der Waals surface area contributed by atoms with Gasteiger partial charge in [0.05, 0.1) is 0 Å². The maximum atomic E-state index is 3.63. The fourth-order valence-electron chi connectivity index (χ4n) is 4.47. The number of hydrogen-bond acceptors (Lipinski definition) is 3. The number of nitrogens with zero attached hydrogens (tertiary/aromatic N) is 2. The largest absolute Gasteiger partial charge is 0.384 e. The third-order valence-corrected chi connectivity index (χ3v) is 5.67. The second kappa shape index (κ2) is 5.62. The van der Waals surface area contributed by atoms with Crippen LogP contribution in [0.5, 0.6) is 0 Å². The molecule has 0 aromatic heterocycles. The molecular formula is C18H27N3. The van der Waals surface area contributed by atoms with E-state index in [0.717, 1.165) is 24.5 Å². The molecule has 4 rings (SSSR count). The number of fused-ring (bicyclic) bond motifs is 2. The fraction of sp³-hybridized carbons (Fsp3) is 0.667. The van der Waals surface area contributed by atoms with E-state index in [1.165, 1.54) is 56.7 Å². The average molecular weight is 285 g/mol. The highest BCUT2D eigenvalue weighted by atomic mass is 15.3. The molecule has 3 nitrogen and oxygen atoms in total. The molecule has 3 atom stereocenters. The van der Waals surface area contributed by atoms with Crippen molar-refractivity contribution in [3.8, 4) is 0 Å². The first kappa shape index (κ1) is 13.6. The van der Waals surface area contributed by atoms with E-state index >= 15 is 0 Å². The molecule has 0 amide bonds. The van der Waals surface area contributed by atoms with Crippen LogP contribution in [0.25, 0.3) is 0 Å². The Morgan fingerprint density at radius 3 is 3.10 bits per heavy atom. The number of nitrogens with one attached hydrogen (secondary N) is 1. The standard InChI is InChI=1S/C18H27N3/c1-14-11-20-8-4-6-17(20)13-21(14)12-15-9-16-5-2-3-7-18(16)19-10-15/h2-3,5,7,14-15,17,19H,4,6,8-13H2,1H3. The molecule has 2 fully saturated rings. The van der Waals surface area contributed by atoms with Crippen LogP contribution in [0.15, 0.2) is 24.3 Å². The molecule has 2 saturated heterocycles. The van der Waals surface area contributed by atoms with Gasteiger partial charge in [0.25, 0.3) is 0 Å². The molecule has 3 heteroatoms. The lowest BCUT2D eigenvalue weighted by Crippen LogP contribution is -2.56. The lowest BCUT2D eigenvalue weighted by atomic mass is 9.92. The number of piperazine rings is 1. The van der Waals surface area contributed by atoms with E-state index in [1.807, 2.05) is 0 Å². The Kier molecular flexibility index (Phi) is 3.64. The quantitative estimate of drug-likeness (QED) is 0.900. The van der Waals surface area contributed by atoms with Crippen molar-refractivity contribution in [2.24, 2.45) is 5.92 Å². The van der Waals surface area contributed by atoms with E-state index in [2.05, 4.69) is 46.3 Å². The minimum Gasteiger partial charge on any atom is -0.384 e. The normalized spacial score (nSPS) is 33.3. The molecule has 1 N–H and O–H groups in total. The molecule has 0 saturated carbocycles. The summed E-state index contributed by atoms with van der Waals surface area (Å²) in [4.78, 5) is 5.47. The number of benzene rings is 1. The molecule has 0 aliphatic carbocycles. The van der Waals surface area contributed by atoms with Gasteiger partial charge in [-0.2, -0.15) is 0 Å². The zero-order valence-corrected chi connectivity index (χ0v) is 13.1. The van der Waals surface area contributed by atoms with Crippen molar-refractivity contribution in [1.29, 1.82) is 0 Å². The van der Waals surface area contributed by atoms with Gasteiger partial charge in [0.15, 0.2) is 0 Å². The van der Waals surface area contributed by atoms with Crippen LogP contribution in [0.4, 0.5) is 5.69 Å². The van der Waals surface area contributed by atoms with Gasteiger partial charge in [-0.25, -0.2) is 0 Å². The van der Waals surface area contributed by atoms with Gasteiger partial charge in [-0.1, -0.05) is 18.2 Å². The molecule has 1 aromatic rings. The van der Waals surface area contributed by atoms with Gasteiger partial charge in [0.1, 0.15) is 0 Å². The first-order chi connectivity index (χ1) is 10.3. The maximum Gasteiger partial charge on any atom is 0.0372 e. The predicted octanol–water partition coefficient (Wildman–Crippen LogP) is 2.44. The van der Waals surface area contributed by atoms with Gasteiger partial charge in [-0.3, -0.25) is 9.80 Å². The van der Waals surface area contributed by atoms with Crippen LogP contribution in [0.1, 0.15) is 25.3 Å². The van der Waals surface area contributed by atoms with Crippen LogP contribution in [0, 0.1) is 5.92 Å². The maximum absolute atomic E-state index is 3.63. The van der Waals surface area contributed by atoms with E-state index < -0.39 is 0 Å². The summed E-state index contributed by atoms with van der Waals surface area (Å²) >= 11 is 0. The van der Waals surface area contributed by atoms with Crippen molar-refractivity contribution < 1.29 is 0 Å². The van der Waals surface area contributed by atoms with Crippen LogP contribution in [0.2, 0.25) is 0 Å². The lowest BCUT2D eigenvalue weighted by Gasteiger charge is -2.44. The summed E-state index contributed by atoms with van der Waals surface area (Å²) < 4.78 is 0. The first-order valence-corrected chi connectivity index (χ1v) is 8.59. The summed E-state index contributed by atoms with van der Waals surface area (Å²) in [6.45, 7) is 8.71. The molecule has 3 heterocycles. The summed E-state index contributed by atoms with van der Waals surface area (Å²) in [5, 5.41) is 3.63. The molecule has 1 aromatic carbocycles. The number of hydrogen-bond donors (Lipinski definition) is 1. The van der Waals surface area contributed by atoms with Crippen molar-refractivity contribution in [1.82, 2.24) is 9.80 Å². The SMILES string of the molecule is CC1CN2CCCC2CN1CC1CNc2ccccc2C1. The molecule has 0 radical (unpaired) electrons. The molecule has 21 heavy (non-hydrogen) atoms. The van der Waals surface area contributed by atoms with Gasteiger partial charge < -0.3 is 5.32 Å². The highest BCUT2D eigenvalue weighted by Gasteiger charge is 2.35. The highest BCUT2D eigenvalue weighted by molar-refractivity contribution is 5.53. The Labute approximate surface area is 128 Å². The third kappa shape index (κ3) is 2.69. The Bertz CT molecular complexity index is 501. The highest BCUT2D eigenvalue weighted by Crippen LogP contribution is 2.28. The van der Waals surface area contributed by atoms with Gasteiger partial charge in [0, 0.05) is 44.0 Å². The predicted molar refractivity (Wildman–Crippen MR) is 87.8 cm³/mol. The van der Waals surface area contributed by atoms with Crippen LogP contribution in [-0.2, 0) is 6.42 Å². The van der Waals surface area contributed by atoms with Crippen molar-refractivity contribution in [3.05, 3.63) is 29.8 Å². The smallest absolute Gasteiger partial charge is 0.0372 e. The number of para-hydroxylation sites is 1. The van der Waals surface area contributed by atoms with Gasteiger partial charge in [0.2, 0.25) is 0 Å². The summed E-state index contributed by atoms with van der Waals surface area (Å²) in [7, 11) is 0. The second-order valence-corrected chi connectivity index (χ2v) is 7.20. The zero-order valence-electron chi connectivity index (χ0n) is 13.1. The fourth-order valence-corrected chi connectivity index (χ4v) is 4.47. The van der Waals surface area contributed by atoms with Crippen molar-refractivity contribution in [3.63, 3.8) is 0 Å². The van der Waals surface area contributed by atoms with Crippen molar-refractivity contribution in [2.75, 3.05) is 38.0 Å². The van der Waals surface area contributed by atoms with Gasteiger partial charge >= 0.3 is 0 Å². The average Bonchev–Trinajstić information content (AvgIpc) is 2.94. The summed E-state index contributed by atoms with van der Waals surface area (Å²) in [5.74, 6) is 0.760. The van der Waals surface area contributed by atoms with Crippen LogP contribution < -0.4 is 5.32 Å². The van der Waals surface area contributed by atoms with Gasteiger partial charge in [-0.05, 0) is 50.3 Å². The number of rotatable bonds is 2. The summed E-state index contributed by atoms with van der Waals surface area (Å²) in [6.07, 6.45) is 4.05. The second-order valence-electron chi connectivity index (χ2n) is 7.20. The monoisotopic (exact) mass is 285 g/mol. The Morgan fingerprint density at radius 1 is 1.24 bits per heavy atom. The Morgan fingerprint density at radius 2 is 2.14 bits per heavy atom. The molecule has 3 unspecified atom stereocenters. The van der Waals surface area contributed by atoms with Crippen LogP contribution >= 0.6 is 0 Å². The molecule has 3 aliphatic rings. The molecule has 0 spiro atoms. The molecule has 3 aliphatic heterocycles. The van der Waals surface area contributed by atoms with E-state index in [-0.39, 0.29) is 0 Å². The third-order valence-electron chi connectivity index (χ3n) is 5.67. The van der Waals surface area contributed by atoms with E-state index in [9.17, 15) is 0 Å². The van der Waals surface area contributed by atoms with E-state index in [0.29, 0.717) is 0 Å². The lowest BCUT2D eigenvalue weighted by molar-refractivity contribution is 0.0490. The Balaban J connectivity index is 1.40. The Hall–Kier alpha value is -1.06. The van der Waals surface area contributed by atoms with Gasteiger partial charge in [-0.15, -0.1) is 0 Å². The van der Waals surface area contributed by atoms with Crippen LogP contribution in [-0.4, -0.2) is 54.6 Å².